The minimum absolute atomic E-state index is 0.0158. The Balaban J connectivity index is 2.58. The summed E-state index contributed by atoms with van der Waals surface area (Å²) in [5, 5.41) is 2.84. The molecule has 1 rings (SSSR count). The van der Waals surface area contributed by atoms with Crippen LogP contribution in [0, 0.1) is 0 Å². The Morgan fingerprint density at radius 1 is 1.24 bits per heavy atom. The lowest BCUT2D eigenvalue weighted by atomic mass is 10.1. The Morgan fingerprint density at radius 2 is 2.05 bits per heavy atom. The van der Waals surface area contributed by atoms with Gasteiger partial charge in [-0.25, -0.2) is 0 Å². The second-order valence-electron chi connectivity index (χ2n) is 4.60. The van der Waals surface area contributed by atoms with Crippen LogP contribution in [0.15, 0.2) is 18.2 Å². The molecule has 1 N–H and O–H groups in total. The molecule has 1 aromatic carbocycles. The molecule has 0 unspecified atom stereocenters. The monoisotopic (exact) mass is 313 g/mol. The van der Waals surface area contributed by atoms with Crippen LogP contribution in [0.3, 0.4) is 0 Å². The lowest BCUT2D eigenvalue weighted by Gasteiger charge is -2.13. The van der Waals surface area contributed by atoms with E-state index in [1.807, 2.05) is 25.1 Å². The molecule has 0 spiro atoms. The van der Waals surface area contributed by atoms with Crippen LogP contribution in [0.2, 0.25) is 0 Å². The maximum Gasteiger partial charge on any atom is 0.221 e. The van der Waals surface area contributed by atoms with Gasteiger partial charge in [-0.3, -0.25) is 4.79 Å². The fourth-order valence-corrected chi connectivity index (χ4v) is 2.00. The number of amides is 1. The lowest BCUT2D eigenvalue weighted by Crippen LogP contribution is -2.25. The Kier molecular flexibility index (Phi) is 8.67. The summed E-state index contributed by atoms with van der Waals surface area (Å²) in [6.07, 6.45) is 2.07. The van der Waals surface area contributed by atoms with E-state index in [1.165, 1.54) is 0 Å². The molecule has 0 aliphatic heterocycles. The van der Waals surface area contributed by atoms with E-state index in [2.05, 4.69) is 12.2 Å². The highest BCUT2D eigenvalue weighted by atomic mass is 35.5. The summed E-state index contributed by atoms with van der Waals surface area (Å²) < 4.78 is 11.3. The fourth-order valence-electron chi connectivity index (χ4n) is 1.83. The minimum atomic E-state index is -0.0158. The molecule has 0 bridgehead atoms. The summed E-state index contributed by atoms with van der Waals surface area (Å²) >= 11 is 5.52. The number of hydrogen-bond donors (Lipinski definition) is 1. The first kappa shape index (κ1) is 17.6. The van der Waals surface area contributed by atoms with E-state index in [4.69, 9.17) is 21.1 Å². The number of ether oxygens (including phenoxy) is 2. The molecule has 118 valence electrons. The first-order chi connectivity index (χ1) is 10.2. The van der Waals surface area contributed by atoms with Crippen LogP contribution < -0.4 is 14.8 Å². The Morgan fingerprint density at radius 3 is 2.71 bits per heavy atom. The predicted molar refractivity (Wildman–Crippen MR) is 85.4 cm³/mol. The molecule has 0 radical (unpaired) electrons. The molecule has 5 heteroatoms. The summed E-state index contributed by atoms with van der Waals surface area (Å²) in [4.78, 5) is 11.3. The largest absolute Gasteiger partial charge is 0.490 e. The quantitative estimate of drug-likeness (QED) is 0.675. The molecule has 0 aliphatic carbocycles. The highest BCUT2D eigenvalue weighted by Gasteiger charge is 2.07. The standard InChI is InChI=1S/C16H24ClNO3/c1-3-11-21-14-6-5-13(12-15(14)20-4-2)8-10-18-16(19)7-9-17/h5-6,12H,3-4,7-11H2,1-2H3,(H,18,19). The van der Waals surface area contributed by atoms with Crippen molar-refractivity contribution >= 4 is 17.5 Å². The molecule has 1 amide bonds. The molecule has 0 saturated heterocycles. The summed E-state index contributed by atoms with van der Waals surface area (Å²) in [5.41, 5.74) is 1.11. The van der Waals surface area contributed by atoms with Gasteiger partial charge in [-0.15, -0.1) is 11.6 Å². The van der Waals surface area contributed by atoms with Crippen molar-refractivity contribution in [3.05, 3.63) is 23.8 Å². The van der Waals surface area contributed by atoms with Crippen molar-refractivity contribution in [2.45, 2.75) is 33.1 Å². The highest BCUT2D eigenvalue weighted by molar-refractivity contribution is 6.18. The lowest BCUT2D eigenvalue weighted by molar-refractivity contribution is -0.120. The molecular formula is C16H24ClNO3. The number of alkyl halides is 1. The van der Waals surface area contributed by atoms with Gasteiger partial charge >= 0.3 is 0 Å². The zero-order chi connectivity index (χ0) is 15.5. The number of hydrogen-bond acceptors (Lipinski definition) is 3. The molecule has 1 aromatic rings. The maximum absolute atomic E-state index is 11.3. The number of carbonyl (C=O) groups is 1. The number of benzene rings is 1. The summed E-state index contributed by atoms with van der Waals surface area (Å²) in [6, 6.07) is 5.90. The van der Waals surface area contributed by atoms with Crippen molar-refractivity contribution in [3.8, 4) is 11.5 Å². The SMILES string of the molecule is CCCOc1ccc(CCNC(=O)CCCl)cc1OCC. The van der Waals surface area contributed by atoms with E-state index in [0.717, 1.165) is 29.9 Å². The van der Waals surface area contributed by atoms with Crippen LogP contribution in [-0.4, -0.2) is 31.5 Å². The third-order valence-electron chi connectivity index (χ3n) is 2.83. The smallest absolute Gasteiger partial charge is 0.221 e. The second-order valence-corrected chi connectivity index (χ2v) is 4.98. The predicted octanol–water partition coefficient (Wildman–Crippen LogP) is 3.16. The van der Waals surface area contributed by atoms with Crippen LogP contribution in [0.4, 0.5) is 0 Å². The molecule has 4 nitrogen and oxygen atoms in total. The van der Waals surface area contributed by atoms with Crippen LogP contribution in [-0.2, 0) is 11.2 Å². The average molecular weight is 314 g/mol. The minimum Gasteiger partial charge on any atom is -0.490 e. The Bertz CT molecular complexity index is 438. The Labute approximate surface area is 131 Å². The van der Waals surface area contributed by atoms with Crippen molar-refractivity contribution in [1.82, 2.24) is 5.32 Å². The number of halogens is 1. The van der Waals surface area contributed by atoms with Gasteiger partial charge in [0.25, 0.3) is 0 Å². The van der Waals surface area contributed by atoms with E-state index in [-0.39, 0.29) is 5.91 Å². The van der Waals surface area contributed by atoms with Gasteiger partial charge in [0.1, 0.15) is 0 Å². The van der Waals surface area contributed by atoms with Gasteiger partial charge < -0.3 is 14.8 Å². The molecular weight excluding hydrogens is 290 g/mol. The van der Waals surface area contributed by atoms with E-state index >= 15 is 0 Å². The molecule has 0 aromatic heterocycles. The van der Waals surface area contributed by atoms with Gasteiger partial charge in [0, 0.05) is 18.8 Å². The van der Waals surface area contributed by atoms with Crippen LogP contribution in [0.1, 0.15) is 32.3 Å². The van der Waals surface area contributed by atoms with Gasteiger partial charge in [0.15, 0.2) is 11.5 Å². The van der Waals surface area contributed by atoms with Gasteiger partial charge in [-0.2, -0.15) is 0 Å². The Hall–Kier alpha value is -1.42. The maximum atomic E-state index is 11.3. The summed E-state index contributed by atoms with van der Waals surface area (Å²) in [7, 11) is 0. The molecule has 0 fully saturated rings. The fraction of sp³-hybridized carbons (Fsp3) is 0.562. The van der Waals surface area contributed by atoms with Crippen molar-refractivity contribution in [1.29, 1.82) is 0 Å². The highest BCUT2D eigenvalue weighted by Crippen LogP contribution is 2.28. The van der Waals surface area contributed by atoms with E-state index in [0.29, 0.717) is 32.1 Å². The molecule has 0 atom stereocenters. The van der Waals surface area contributed by atoms with E-state index in [1.54, 1.807) is 0 Å². The van der Waals surface area contributed by atoms with Crippen LogP contribution >= 0.6 is 11.6 Å². The summed E-state index contributed by atoms with van der Waals surface area (Å²) in [6.45, 7) is 5.88. The van der Waals surface area contributed by atoms with Gasteiger partial charge in [0.05, 0.1) is 13.2 Å². The number of nitrogens with one attached hydrogen (secondary N) is 1. The second kappa shape index (κ2) is 10.3. The molecule has 0 saturated carbocycles. The van der Waals surface area contributed by atoms with Crippen molar-refractivity contribution in [2.75, 3.05) is 25.6 Å². The van der Waals surface area contributed by atoms with Crippen molar-refractivity contribution < 1.29 is 14.3 Å². The van der Waals surface area contributed by atoms with Crippen molar-refractivity contribution in [2.24, 2.45) is 0 Å². The van der Waals surface area contributed by atoms with E-state index in [9.17, 15) is 4.79 Å². The third kappa shape index (κ3) is 6.71. The third-order valence-corrected chi connectivity index (χ3v) is 3.02. The molecule has 0 aliphatic rings. The van der Waals surface area contributed by atoms with Gasteiger partial charge in [-0.05, 0) is 37.5 Å². The van der Waals surface area contributed by atoms with Gasteiger partial charge in [-0.1, -0.05) is 13.0 Å². The first-order valence-electron chi connectivity index (χ1n) is 7.42. The van der Waals surface area contributed by atoms with Gasteiger partial charge in [0.2, 0.25) is 5.91 Å². The zero-order valence-electron chi connectivity index (χ0n) is 12.8. The average Bonchev–Trinajstić information content (AvgIpc) is 2.47. The summed E-state index contributed by atoms with van der Waals surface area (Å²) in [5.74, 6) is 1.87. The molecule has 0 heterocycles. The normalized spacial score (nSPS) is 10.2. The van der Waals surface area contributed by atoms with Crippen LogP contribution in [0.5, 0.6) is 11.5 Å². The number of rotatable bonds is 10. The van der Waals surface area contributed by atoms with Crippen molar-refractivity contribution in [3.63, 3.8) is 0 Å². The van der Waals surface area contributed by atoms with Crippen LogP contribution in [0.25, 0.3) is 0 Å². The number of carbonyl (C=O) groups excluding carboxylic acids is 1. The zero-order valence-corrected chi connectivity index (χ0v) is 13.5. The molecule has 21 heavy (non-hydrogen) atoms. The topological polar surface area (TPSA) is 47.6 Å². The van der Waals surface area contributed by atoms with E-state index < -0.39 is 0 Å². The first-order valence-corrected chi connectivity index (χ1v) is 7.95.